The molecule has 0 spiro atoms. The van der Waals surface area contributed by atoms with Gasteiger partial charge in [-0.05, 0) is 42.7 Å². The van der Waals surface area contributed by atoms with Crippen LogP contribution in [-0.2, 0) is 11.2 Å². The minimum Gasteiger partial charge on any atom is -0.359 e. The Hall–Kier alpha value is -2.86. The van der Waals surface area contributed by atoms with Crippen LogP contribution in [0.3, 0.4) is 0 Å². The van der Waals surface area contributed by atoms with Crippen LogP contribution in [0.15, 0.2) is 65.9 Å². The number of nitriles is 1. The molecule has 0 unspecified atom stereocenters. The SMILES string of the molecule is N#Cc1ccc(NC2=C(Cc3ccccc3)C(=O)CCC2)cc1. The predicted octanol–water partition coefficient (Wildman–Crippen LogP) is 4.22. The van der Waals surface area contributed by atoms with Crippen molar-refractivity contribution in [2.24, 2.45) is 0 Å². The molecule has 2 aromatic carbocycles. The first kappa shape index (κ1) is 15.1. The van der Waals surface area contributed by atoms with E-state index in [2.05, 4.69) is 11.4 Å². The molecule has 0 aromatic heterocycles. The normalized spacial score (nSPS) is 14.5. The smallest absolute Gasteiger partial charge is 0.160 e. The van der Waals surface area contributed by atoms with Crippen molar-refractivity contribution >= 4 is 11.5 Å². The summed E-state index contributed by atoms with van der Waals surface area (Å²) in [5, 5.41) is 12.2. The summed E-state index contributed by atoms with van der Waals surface area (Å²) >= 11 is 0. The van der Waals surface area contributed by atoms with E-state index in [0.717, 1.165) is 35.4 Å². The molecule has 3 heteroatoms. The Labute approximate surface area is 136 Å². The molecule has 0 amide bonds. The van der Waals surface area contributed by atoms with Crippen LogP contribution in [0.5, 0.6) is 0 Å². The van der Waals surface area contributed by atoms with Gasteiger partial charge in [-0.1, -0.05) is 30.3 Å². The third-order valence-electron chi connectivity index (χ3n) is 4.06. The lowest BCUT2D eigenvalue weighted by atomic mass is 9.90. The molecule has 1 aliphatic carbocycles. The number of hydrogen-bond donors (Lipinski definition) is 1. The zero-order valence-corrected chi connectivity index (χ0v) is 12.9. The van der Waals surface area contributed by atoms with Gasteiger partial charge < -0.3 is 5.32 Å². The van der Waals surface area contributed by atoms with Crippen molar-refractivity contribution in [2.75, 3.05) is 5.32 Å². The van der Waals surface area contributed by atoms with Crippen molar-refractivity contribution in [3.8, 4) is 6.07 Å². The van der Waals surface area contributed by atoms with Crippen molar-refractivity contribution in [3.63, 3.8) is 0 Å². The van der Waals surface area contributed by atoms with Gasteiger partial charge >= 0.3 is 0 Å². The Kier molecular flexibility index (Phi) is 4.54. The van der Waals surface area contributed by atoms with E-state index >= 15 is 0 Å². The summed E-state index contributed by atoms with van der Waals surface area (Å²) in [6.45, 7) is 0. The second-order valence-electron chi connectivity index (χ2n) is 5.71. The number of carbonyl (C=O) groups excluding carboxylic acids is 1. The summed E-state index contributed by atoms with van der Waals surface area (Å²) < 4.78 is 0. The van der Waals surface area contributed by atoms with E-state index in [1.807, 2.05) is 42.5 Å². The van der Waals surface area contributed by atoms with Crippen LogP contribution in [0.1, 0.15) is 30.4 Å². The highest BCUT2D eigenvalue weighted by atomic mass is 16.1. The van der Waals surface area contributed by atoms with Crippen LogP contribution in [0.25, 0.3) is 0 Å². The number of Topliss-reactive ketones (excluding diaryl/α,β-unsaturated/α-hetero) is 1. The Bertz CT molecular complexity index is 768. The minimum absolute atomic E-state index is 0.233. The third kappa shape index (κ3) is 3.67. The quantitative estimate of drug-likeness (QED) is 0.920. The highest BCUT2D eigenvalue weighted by Gasteiger charge is 2.20. The lowest BCUT2D eigenvalue weighted by Gasteiger charge is -2.21. The van der Waals surface area contributed by atoms with Gasteiger partial charge in [0.1, 0.15) is 0 Å². The van der Waals surface area contributed by atoms with E-state index in [1.165, 1.54) is 0 Å². The first-order chi connectivity index (χ1) is 11.3. The molecular formula is C20H18N2O. The molecule has 3 nitrogen and oxygen atoms in total. The van der Waals surface area contributed by atoms with Crippen molar-refractivity contribution in [2.45, 2.75) is 25.7 Å². The summed E-state index contributed by atoms with van der Waals surface area (Å²) in [7, 11) is 0. The van der Waals surface area contributed by atoms with Gasteiger partial charge in [0.05, 0.1) is 11.6 Å². The van der Waals surface area contributed by atoms with Gasteiger partial charge in [-0.2, -0.15) is 5.26 Å². The van der Waals surface area contributed by atoms with E-state index < -0.39 is 0 Å². The van der Waals surface area contributed by atoms with Crippen LogP contribution in [-0.4, -0.2) is 5.78 Å². The van der Waals surface area contributed by atoms with Crippen molar-refractivity contribution < 1.29 is 4.79 Å². The number of nitrogens with zero attached hydrogens (tertiary/aromatic N) is 1. The topological polar surface area (TPSA) is 52.9 Å². The molecule has 0 saturated carbocycles. The molecule has 0 fully saturated rings. The maximum absolute atomic E-state index is 12.4. The van der Waals surface area contributed by atoms with E-state index in [0.29, 0.717) is 18.4 Å². The van der Waals surface area contributed by atoms with Crippen LogP contribution < -0.4 is 5.32 Å². The van der Waals surface area contributed by atoms with Crippen molar-refractivity contribution in [1.82, 2.24) is 0 Å². The second-order valence-corrected chi connectivity index (χ2v) is 5.71. The zero-order chi connectivity index (χ0) is 16.1. The lowest BCUT2D eigenvalue weighted by molar-refractivity contribution is -0.116. The lowest BCUT2D eigenvalue weighted by Crippen LogP contribution is -2.18. The van der Waals surface area contributed by atoms with Crippen LogP contribution in [0, 0.1) is 11.3 Å². The van der Waals surface area contributed by atoms with E-state index in [9.17, 15) is 4.79 Å². The molecule has 0 aliphatic heterocycles. The first-order valence-corrected chi connectivity index (χ1v) is 7.82. The van der Waals surface area contributed by atoms with Gasteiger partial charge in [-0.25, -0.2) is 0 Å². The second kappa shape index (κ2) is 6.93. The number of anilines is 1. The van der Waals surface area contributed by atoms with Gasteiger partial charge in [-0.15, -0.1) is 0 Å². The van der Waals surface area contributed by atoms with Gasteiger partial charge in [0.15, 0.2) is 5.78 Å². The fourth-order valence-electron chi connectivity index (χ4n) is 2.84. The molecule has 114 valence electrons. The molecule has 0 heterocycles. The summed E-state index contributed by atoms with van der Waals surface area (Å²) in [6, 6.07) is 19.5. The van der Waals surface area contributed by atoms with E-state index in [-0.39, 0.29) is 5.78 Å². The van der Waals surface area contributed by atoms with Crippen LogP contribution in [0.4, 0.5) is 5.69 Å². The van der Waals surface area contributed by atoms with Crippen LogP contribution in [0.2, 0.25) is 0 Å². The Morgan fingerprint density at radius 1 is 1.00 bits per heavy atom. The number of rotatable bonds is 4. The number of nitrogens with one attached hydrogen (secondary N) is 1. The number of allylic oxidation sites excluding steroid dienone is 2. The number of ketones is 1. The predicted molar refractivity (Wildman–Crippen MR) is 90.8 cm³/mol. The van der Waals surface area contributed by atoms with Gasteiger partial charge in [0, 0.05) is 29.8 Å². The standard InChI is InChI=1S/C20H18N2O/c21-14-16-9-11-17(12-10-16)22-19-7-4-8-20(23)18(19)13-15-5-2-1-3-6-15/h1-3,5-6,9-12,22H,4,7-8,13H2. The molecular weight excluding hydrogens is 284 g/mol. The van der Waals surface area contributed by atoms with Gasteiger partial charge in [-0.3, -0.25) is 4.79 Å². The fourth-order valence-corrected chi connectivity index (χ4v) is 2.84. The molecule has 1 N–H and O–H groups in total. The molecule has 0 bridgehead atoms. The molecule has 0 atom stereocenters. The molecule has 1 aliphatic rings. The largest absolute Gasteiger partial charge is 0.359 e. The van der Waals surface area contributed by atoms with Gasteiger partial charge in [0.2, 0.25) is 0 Å². The first-order valence-electron chi connectivity index (χ1n) is 7.82. The fraction of sp³-hybridized carbons (Fsp3) is 0.200. The molecule has 0 radical (unpaired) electrons. The highest BCUT2D eigenvalue weighted by Crippen LogP contribution is 2.26. The van der Waals surface area contributed by atoms with Crippen molar-refractivity contribution in [3.05, 3.63) is 77.0 Å². The van der Waals surface area contributed by atoms with Crippen LogP contribution >= 0.6 is 0 Å². The Balaban J connectivity index is 1.86. The number of benzene rings is 2. The van der Waals surface area contributed by atoms with Crippen molar-refractivity contribution in [1.29, 1.82) is 5.26 Å². The molecule has 0 saturated heterocycles. The van der Waals surface area contributed by atoms with Gasteiger partial charge in [0.25, 0.3) is 0 Å². The minimum atomic E-state index is 0.233. The number of hydrogen-bond acceptors (Lipinski definition) is 3. The monoisotopic (exact) mass is 302 g/mol. The average Bonchev–Trinajstić information content (AvgIpc) is 2.59. The third-order valence-corrected chi connectivity index (χ3v) is 4.06. The average molecular weight is 302 g/mol. The Morgan fingerprint density at radius 3 is 2.43 bits per heavy atom. The molecule has 23 heavy (non-hydrogen) atoms. The molecule has 3 rings (SSSR count). The maximum Gasteiger partial charge on any atom is 0.160 e. The van der Waals surface area contributed by atoms with E-state index in [4.69, 9.17) is 5.26 Å². The Morgan fingerprint density at radius 2 is 1.74 bits per heavy atom. The summed E-state index contributed by atoms with van der Waals surface area (Å²) in [6.07, 6.45) is 3.06. The summed E-state index contributed by atoms with van der Waals surface area (Å²) in [5.41, 5.74) is 4.59. The van der Waals surface area contributed by atoms with E-state index in [1.54, 1.807) is 12.1 Å². The summed E-state index contributed by atoms with van der Waals surface area (Å²) in [4.78, 5) is 12.4. The summed E-state index contributed by atoms with van der Waals surface area (Å²) in [5.74, 6) is 0.233. The number of carbonyl (C=O) groups is 1. The maximum atomic E-state index is 12.4. The molecule has 2 aromatic rings. The zero-order valence-electron chi connectivity index (χ0n) is 12.9. The highest BCUT2D eigenvalue weighted by molar-refractivity contribution is 5.97.